The lowest BCUT2D eigenvalue weighted by atomic mass is 10.0. The van der Waals surface area contributed by atoms with Crippen LogP contribution in [-0.4, -0.2) is 71.5 Å². The Morgan fingerprint density at radius 2 is 1.71 bits per heavy atom. The molecule has 1 fully saturated rings. The van der Waals surface area contributed by atoms with Crippen LogP contribution in [0.5, 0.6) is 0 Å². The van der Waals surface area contributed by atoms with Gasteiger partial charge in [-0.05, 0) is 62.6 Å². The van der Waals surface area contributed by atoms with E-state index in [2.05, 4.69) is 15.2 Å². The number of ether oxygens (including phenoxy) is 1. The van der Waals surface area contributed by atoms with Crippen molar-refractivity contribution in [2.24, 2.45) is 0 Å². The van der Waals surface area contributed by atoms with Crippen molar-refractivity contribution < 1.29 is 18.7 Å². The lowest BCUT2D eigenvalue weighted by molar-refractivity contribution is -0.127. The van der Waals surface area contributed by atoms with Crippen molar-refractivity contribution in [3.05, 3.63) is 83.8 Å². The van der Waals surface area contributed by atoms with Gasteiger partial charge >= 0.3 is 0 Å². The quantitative estimate of drug-likeness (QED) is 0.431. The molecule has 1 aliphatic heterocycles. The van der Waals surface area contributed by atoms with Crippen molar-refractivity contribution in [3.8, 4) is 11.3 Å². The van der Waals surface area contributed by atoms with Gasteiger partial charge in [0.15, 0.2) is 0 Å². The molecule has 1 atom stereocenters. The second-order valence-electron chi connectivity index (χ2n) is 10.7. The number of aromatic nitrogens is 1. The van der Waals surface area contributed by atoms with Gasteiger partial charge in [-0.1, -0.05) is 42.5 Å². The van der Waals surface area contributed by atoms with E-state index in [0.717, 1.165) is 30.9 Å². The number of carbonyl (C=O) groups excluding carboxylic acids is 2. The van der Waals surface area contributed by atoms with Crippen LogP contribution in [0.1, 0.15) is 49.3 Å². The first kappa shape index (κ1) is 27.5. The van der Waals surface area contributed by atoms with Gasteiger partial charge in [-0.25, -0.2) is 4.39 Å². The van der Waals surface area contributed by atoms with Crippen LogP contribution in [0.2, 0.25) is 0 Å². The molecule has 2 heterocycles. The fourth-order valence-corrected chi connectivity index (χ4v) is 4.65. The van der Waals surface area contributed by atoms with E-state index in [1.807, 2.05) is 57.2 Å². The highest BCUT2D eigenvalue weighted by atomic mass is 19.1. The van der Waals surface area contributed by atoms with Gasteiger partial charge in [-0.15, -0.1) is 0 Å². The molecular weight excluding hydrogens is 483 g/mol. The summed E-state index contributed by atoms with van der Waals surface area (Å²) in [4.78, 5) is 34.9. The Kier molecular flexibility index (Phi) is 8.97. The van der Waals surface area contributed by atoms with Crippen molar-refractivity contribution in [1.82, 2.24) is 20.1 Å². The minimum Gasteiger partial charge on any atom is -0.379 e. The van der Waals surface area contributed by atoms with Gasteiger partial charge < -0.3 is 19.9 Å². The Balaban J connectivity index is 1.66. The monoisotopic (exact) mass is 520 g/mol. The predicted molar refractivity (Wildman–Crippen MR) is 146 cm³/mol. The summed E-state index contributed by atoms with van der Waals surface area (Å²) >= 11 is 0. The number of nitrogens with one attached hydrogen (secondary N) is 2. The summed E-state index contributed by atoms with van der Waals surface area (Å²) in [5.41, 5.74) is 2.23. The summed E-state index contributed by atoms with van der Waals surface area (Å²) in [5.74, 6) is -0.989. The normalized spacial score (nSPS) is 15.2. The molecule has 0 aliphatic carbocycles. The molecule has 7 nitrogen and oxygen atoms in total. The number of carbonyl (C=O) groups is 2. The highest BCUT2D eigenvalue weighted by molar-refractivity contribution is 5.97. The molecule has 1 saturated heterocycles. The third kappa shape index (κ3) is 7.30. The lowest BCUT2D eigenvalue weighted by Gasteiger charge is -2.34. The molecule has 2 aromatic carbocycles. The Labute approximate surface area is 224 Å². The molecule has 1 aromatic heterocycles. The zero-order valence-electron chi connectivity index (χ0n) is 22.4. The maximum absolute atomic E-state index is 14.0. The Morgan fingerprint density at radius 3 is 2.37 bits per heavy atom. The number of nitrogens with zero attached hydrogens (tertiary/aromatic N) is 2. The summed E-state index contributed by atoms with van der Waals surface area (Å²) in [6, 6.07) is 18.3. The van der Waals surface area contributed by atoms with E-state index >= 15 is 0 Å². The number of halogens is 1. The smallest absolute Gasteiger partial charge is 0.271 e. The van der Waals surface area contributed by atoms with Crippen molar-refractivity contribution in [3.63, 3.8) is 0 Å². The first-order chi connectivity index (χ1) is 18.2. The Hall–Kier alpha value is -3.49. The Bertz CT molecular complexity index is 1200. The third-order valence-corrected chi connectivity index (χ3v) is 6.48. The van der Waals surface area contributed by atoms with E-state index in [1.165, 1.54) is 12.1 Å². The van der Waals surface area contributed by atoms with E-state index in [1.54, 1.807) is 23.1 Å². The van der Waals surface area contributed by atoms with E-state index in [9.17, 15) is 14.0 Å². The number of amides is 2. The average Bonchev–Trinajstić information content (AvgIpc) is 3.39. The number of hydrogen-bond donors (Lipinski definition) is 2. The zero-order chi connectivity index (χ0) is 27.1. The molecule has 4 rings (SSSR count). The minimum atomic E-state index is -0.921. The molecule has 3 aromatic rings. The number of morpholine rings is 1. The fraction of sp³-hybridized carbons (Fsp3) is 0.400. The number of aromatic amines is 1. The molecule has 2 amide bonds. The van der Waals surface area contributed by atoms with E-state index in [-0.39, 0.29) is 11.8 Å². The van der Waals surface area contributed by atoms with Crippen molar-refractivity contribution in [2.75, 3.05) is 39.4 Å². The van der Waals surface area contributed by atoms with E-state index in [4.69, 9.17) is 4.74 Å². The molecule has 1 aliphatic rings. The van der Waals surface area contributed by atoms with Gasteiger partial charge in [0.05, 0.1) is 13.2 Å². The van der Waals surface area contributed by atoms with Crippen molar-refractivity contribution in [1.29, 1.82) is 0 Å². The number of rotatable bonds is 9. The zero-order valence-corrected chi connectivity index (χ0v) is 22.4. The summed E-state index contributed by atoms with van der Waals surface area (Å²) in [7, 11) is 0. The summed E-state index contributed by atoms with van der Waals surface area (Å²) in [5, 5.41) is 3.03. The molecule has 0 radical (unpaired) electrons. The molecule has 38 heavy (non-hydrogen) atoms. The topological polar surface area (TPSA) is 77.7 Å². The summed E-state index contributed by atoms with van der Waals surface area (Å²) in [6.45, 7) is 9.91. The number of H-pyrrole nitrogens is 1. The van der Waals surface area contributed by atoms with Crippen LogP contribution in [0.4, 0.5) is 4.39 Å². The average molecular weight is 521 g/mol. The second kappa shape index (κ2) is 12.4. The van der Waals surface area contributed by atoms with E-state index in [0.29, 0.717) is 37.4 Å². The van der Waals surface area contributed by atoms with Gasteiger partial charge in [0.25, 0.3) is 5.91 Å². The molecular formula is C30H37FN4O3. The first-order valence-corrected chi connectivity index (χ1v) is 13.1. The van der Waals surface area contributed by atoms with Gasteiger partial charge in [-0.3, -0.25) is 14.5 Å². The van der Waals surface area contributed by atoms with Gasteiger partial charge in [0.2, 0.25) is 5.91 Å². The summed E-state index contributed by atoms with van der Waals surface area (Å²) in [6.07, 6.45) is 0.679. The molecule has 0 bridgehead atoms. The van der Waals surface area contributed by atoms with Gasteiger partial charge in [0.1, 0.15) is 17.6 Å². The van der Waals surface area contributed by atoms with Crippen LogP contribution in [0.15, 0.2) is 66.7 Å². The SMILES string of the molecule is CC(C)(C)NC(=O)C(c1ccc(F)cc1)N(CCCN1CCOCC1)C(=O)c1ccc(-c2ccccc2)[nH]1. The minimum absolute atomic E-state index is 0.285. The van der Waals surface area contributed by atoms with E-state index < -0.39 is 17.4 Å². The molecule has 0 saturated carbocycles. The highest BCUT2D eigenvalue weighted by Crippen LogP contribution is 2.26. The van der Waals surface area contributed by atoms with Gasteiger partial charge in [-0.2, -0.15) is 0 Å². The molecule has 8 heteroatoms. The third-order valence-electron chi connectivity index (χ3n) is 6.48. The summed E-state index contributed by atoms with van der Waals surface area (Å²) < 4.78 is 19.3. The fourth-order valence-electron chi connectivity index (χ4n) is 4.65. The maximum atomic E-state index is 14.0. The largest absolute Gasteiger partial charge is 0.379 e. The first-order valence-electron chi connectivity index (χ1n) is 13.1. The molecule has 2 N–H and O–H groups in total. The van der Waals surface area contributed by atoms with Crippen LogP contribution in [0, 0.1) is 5.82 Å². The maximum Gasteiger partial charge on any atom is 0.271 e. The van der Waals surface area contributed by atoms with Crippen LogP contribution in [0.3, 0.4) is 0 Å². The van der Waals surface area contributed by atoms with Crippen molar-refractivity contribution >= 4 is 11.8 Å². The number of benzene rings is 2. The predicted octanol–water partition coefficient (Wildman–Crippen LogP) is 4.64. The van der Waals surface area contributed by atoms with Crippen LogP contribution < -0.4 is 5.32 Å². The standard InChI is InChI=1S/C30H37FN4O3/c1-30(2,3)33-28(36)27(23-10-12-24(31)13-11-23)35(17-7-16-34-18-20-38-21-19-34)29(37)26-15-14-25(32-26)22-8-5-4-6-9-22/h4-6,8-15,27,32H,7,16-21H2,1-3H3,(H,33,36). The van der Waals surface area contributed by atoms with Crippen molar-refractivity contribution in [2.45, 2.75) is 38.8 Å². The van der Waals surface area contributed by atoms with Gasteiger partial charge in [0, 0.05) is 37.4 Å². The second-order valence-corrected chi connectivity index (χ2v) is 10.7. The molecule has 202 valence electrons. The molecule has 1 unspecified atom stereocenters. The lowest BCUT2D eigenvalue weighted by Crippen LogP contribution is -2.50. The van der Waals surface area contributed by atoms with Crippen LogP contribution >= 0.6 is 0 Å². The van der Waals surface area contributed by atoms with Crippen LogP contribution in [-0.2, 0) is 9.53 Å². The Morgan fingerprint density at radius 1 is 1.03 bits per heavy atom. The highest BCUT2D eigenvalue weighted by Gasteiger charge is 2.34. The number of hydrogen-bond acceptors (Lipinski definition) is 4. The van der Waals surface area contributed by atoms with Crippen LogP contribution in [0.25, 0.3) is 11.3 Å². The molecule has 0 spiro atoms.